The summed E-state index contributed by atoms with van der Waals surface area (Å²) < 4.78 is 0. The van der Waals surface area contributed by atoms with E-state index in [1.165, 1.54) is 11.1 Å². The topological polar surface area (TPSA) is 0 Å². The SMILES string of the molecule is ClB1C=C(c2ccccc2)CC(Cl)C1. The van der Waals surface area contributed by atoms with Crippen LogP contribution in [0.5, 0.6) is 0 Å². The fourth-order valence-electron chi connectivity index (χ4n) is 1.79. The average molecular weight is 225 g/mol. The van der Waals surface area contributed by atoms with Gasteiger partial charge in [0.1, 0.15) is 0 Å². The first-order valence-corrected chi connectivity index (χ1v) is 5.67. The van der Waals surface area contributed by atoms with Crippen LogP contribution in [-0.4, -0.2) is 11.5 Å². The zero-order valence-corrected chi connectivity index (χ0v) is 9.30. The van der Waals surface area contributed by atoms with Crippen molar-refractivity contribution in [2.24, 2.45) is 0 Å². The van der Waals surface area contributed by atoms with Crippen LogP contribution in [0, 0.1) is 0 Å². The van der Waals surface area contributed by atoms with Crippen LogP contribution in [0.3, 0.4) is 0 Å². The molecular weight excluding hydrogens is 214 g/mol. The Hall–Kier alpha value is -0.395. The van der Waals surface area contributed by atoms with Crippen LogP contribution in [0.1, 0.15) is 12.0 Å². The van der Waals surface area contributed by atoms with Gasteiger partial charge >= 0.3 is 0 Å². The van der Waals surface area contributed by atoms with E-state index in [1.54, 1.807) is 0 Å². The lowest BCUT2D eigenvalue weighted by Gasteiger charge is -2.19. The molecule has 72 valence electrons. The predicted molar refractivity (Wildman–Crippen MR) is 65.1 cm³/mol. The predicted octanol–water partition coefficient (Wildman–Crippen LogP) is 3.85. The molecule has 1 unspecified atom stereocenters. The summed E-state index contributed by atoms with van der Waals surface area (Å²) in [6, 6.07) is 10.3. The second-order valence-corrected chi connectivity index (χ2v) is 4.79. The molecule has 0 spiro atoms. The highest BCUT2D eigenvalue weighted by Crippen LogP contribution is 2.30. The summed E-state index contributed by atoms with van der Waals surface area (Å²) in [5, 5.41) is 0.178. The van der Waals surface area contributed by atoms with Crippen molar-refractivity contribution in [2.45, 2.75) is 18.1 Å². The Balaban J connectivity index is 2.26. The third kappa shape index (κ3) is 2.34. The summed E-state index contributed by atoms with van der Waals surface area (Å²) in [5.41, 5.74) is 2.51. The van der Waals surface area contributed by atoms with Crippen molar-refractivity contribution >= 4 is 34.8 Å². The minimum absolute atomic E-state index is 0.0847. The van der Waals surface area contributed by atoms with E-state index < -0.39 is 0 Å². The maximum Gasteiger partial charge on any atom is 0.277 e. The molecule has 0 aliphatic carbocycles. The van der Waals surface area contributed by atoms with Crippen molar-refractivity contribution in [1.29, 1.82) is 0 Å². The fourth-order valence-corrected chi connectivity index (χ4v) is 2.60. The molecular formula is C11H11BCl2. The number of halogens is 2. The molecule has 0 N–H and O–H groups in total. The van der Waals surface area contributed by atoms with Crippen LogP contribution in [0.2, 0.25) is 6.32 Å². The van der Waals surface area contributed by atoms with Crippen LogP contribution in [0.15, 0.2) is 36.3 Å². The largest absolute Gasteiger partial charge is 0.277 e. The molecule has 1 aromatic rings. The van der Waals surface area contributed by atoms with E-state index in [1.807, 2.05) is 18.2 Å². The molecule has 14 heavy (non-hydrogen) atoms. The van der Waals surface area contributed by atoms with Crippen molar-refractivity contribution < 1.29 is 0 Å². The molecule has 0 saturated heterocycles. The molecule has 0 fully saturated rings. The highest BCUT2D eigenvalue weighted by Gasteiger charge is 2.22. The molecule has 1 aliphatic heterocycles. The van der Waals surface area contributed by atoms with Crippen molar-refractivity contribution in [3.63, 3.8) is 0 Å². The van der Waals surface area contributed by atoms with Gasteiger partial charge in [-0.25, -0.2) is 0 Å². The second kappa shape index (κ2) is 4.42. The summed E-state index contributed by atoms with van der Waals surface area (Å²) in [6.07, 6.45) is 1.88. The third-order valence-electron chi connectivity index (χ3n) is 2.45. The van der Waals surface area contributed by atoms with Gasteiger partial charge in [0.2, 0.25) is 0 Å². The summed E-state index contributed by atoms with van der Waals surface area (Å²) in [7, 11) is 0. The Morgan fingerprint density at radius 1 is 1.21 bits per heavy atom. The van der Waals surface area contributed by atoms with Crippen LogP contribution in [-0.2, 0) is 0 Å². The first-order chi connectivity index (χ1) is 6.75. The number of alkyl halides is 1. The lowest BCUT2D eigenvalue weighted by Crippen LogP contribution is -2.16. The Morgan fingerprint density at radius 2 is 1.93 bits per heavy atom. The average Bonchev–Trinajstić information content (AvgIpc) is 2.18. The minimum atomic E-state index is 0.0847. The standard InChI is InChI=1S/C11H11BCl2/c13-11-6-10(7-12(14)8-11)9-4-2-1-3-5-9/h1-5,7,11H,6,8H2. The zero-order valence-electron chi connectivity index (χ0n) is 7.79. The monoisotopic (exact) mass is 224 g/mol. The first kappa shape index (κ1) is 10.1. The molecule has 1 atom stereocenters. The van der Waals surface area contributed by atoms with Crippen LogP contribution in [0.4, 0.5) is 0 Å². The number of hydrogen-bond donors (Lipinski definition) is 0. The number of benzene rings is 1. The normalized spacial score (nSPS) is 22.0. The molecule has 3 heteroatoms. The van der Waals surface area contributed by atoms with Gasteiger partial charge in [-0.2, -0.15) is 11.5 Å². The quantitative estimate of drug-likeness (QED) is 0.502. The van der Waals surface area contributed by atoms with Gasteiger partial charge < -0.3 is 0 Å². The molecule has 0 radical (unpaired) electrons. The molecule has 0 aromatic heterocycles. The molecule has 0 saturated carbocycles. The molecule has 1 aliphatic rings. The Morgan fingerprint density at radius 3 is 2.57 bits per heavy atom. The van der Waals surface area contributed by atoms with E-state index in [2.05, 4.69) is 18.1 Å². The molecule has 2 rings (SSSR count). The van der Waals surface area contributed by atoms with Crippen molar-refractivity contribution in [1.82, 2.24) is 0 Å². The maximum atomic E-state index is 6.13. The van der Waals surface area contributed by atoms with E-state index >= 15 is 0 Å². The van der Waals surface area contributed by atoms with Crippen molar-refractivity contribution in [2.75, 3.05) is 0 Å². The first-order valence-electron chi connectivity index (χ1n) is 4.80. The number of allylic oxidation sites excluding steroid dienone is 1. The van der Waals surface area contributed by atoms with E-state index in [4.69, 9.17) is 23.1 Å². The van der Waals surface area contributed by atoms with Gasteiger partial charge in [0.15, 0.2) is 0 Å². The third-order valence-corrected chi connectivity index (χ3v) is 3.09. The molecule has 0 bridgehead atoms. The highest BCUT2D eigenvalue weighted by atomic mass is 35.5. The van der Waals surface area contributed by atoms with Crippen molar-refractivity contribution in [3.05, 3.63) is 41.9 Å². The Kier molecular flexibility index (Phi) is 3.20. The van der Waals surface area contributed by atoms with E-state index in [-0.39, 0.29) is 11.5 Å². The Labute approximate surface area is 94.9 Å². The zero-order chi connectivity index (χ0) is 9.97. The molecule has 1 aromatic carbocycles. The van der Waals surface area contributed by atoms with Crippen LogP contribution in [0.25, 0.3) is 5.57 Å². The van der Waals surface area contributed by atoms with Crippen LogP contribution < -0.4 is 0 Å². The summed E-state index contributed by atoms with van der Waals surface area (Å²) in [6.45, 7) is 0. The van der Waals surface area contributed by atoms with Gasteiger partial charge in [-0.15, -0.1) is 11.6 Å². The fraction of sp³-hybridized carbons (Fsp3) is 0.273. The lowest BCUT2D eigenvalue weighted by molar-refractivity contribution is 0.963. The van der Waals surface area contributed by atoms with E-state index in [9.17, 15) is 0 Å². The summed E-state index contributed by atoms with van der Waals surface area (Å²) >= 11 is 12.2. The van der Waals surface area contributed by atoms with Gasteiger partial charge in [0.25, 0.3) is 6.13 Å². The van der Waals surface area contributed by atoms with Crippen LogP contribution >= 0.6 is 23.1 Å². The number of rotatable bonds is 1. The van der Waals surface area contributed by atoms with E-state index in [0.29, 0.717) is 0 Å². The molecule has 0 nitrogen and oxygen atoms in total. The lowest BCUT2D eigenvalue weighted by atomic mass is 9.64. The van der Waals surface area contributed by atoms with Crippen molar-refractivity contribution in [3.8, 4) is 0 Å². The Bertz CT molecular complexity index is 334. The highest BCUT2D eigenvalue weighted by molar-refractivity contribution is 7.10. The maximum absolute atomic E-state index is 6.13. The molecule has 1 heterocycles. The van der Waals surface area contributed by atoms with Gasteiger partial charge in [0.05, 0.1) is 0 Å². The number of hydrogen-bond acceptors (Lipinski definition) is 0. The minimum Gasteiger partial charge on any atom is -0.189 e. The van der Waals surface area contributed by atoms with Gasteiger partial charge in [-0.05, 0) is 18.3 Å². The van der Waals surface area contributed by atoms with Gasteiger partial charge in [-0.3, -0.25) is 0 Å². The van der Waals surface area contributed by atoms with Gasteiger partial charge in [-0.1, -0.05) is 41.9 Å². The second-order valence-electron chi connectivity index (χ2n) is 3.61. The molecule has 0 amide bonds. The van der Waals surface area contributed by atoms with Gasteiger partial charge in [0, 0.05) is 5.38 Å². The summed E-state index contributed by atoms with van der Waals surface area (Å²) in [5.74, 6) is 2.12. The smallest absolute Gasteiger partial charge is 0.189 e. The summed E-state index contributed by atoms with van der Waals surface area (Å²) in [4.78, 5) is 0. The van der Waals surface area contributed by atoms with E-state index in [0.717, 1.165) is 12.7 Å².